The van der Waals surface area contributed by atoms with E-state index < -0.39 is 18.0 Å². The Labute approximate surface area is 157 Å². The first-order chi connectivity index (χ1) is 12.9. The highest BCUT2D eigenvalue weighted by Gasteiger charge is 2.32. The van der Waals surface area contributed by atoms with Gasteiger partial charge in [-0.3, -0.25) is 9.59 Å². The van der Waals surface area contributed by atoms with Crippen molar-refractivity contribution in [3.05, 3.63) is 65.2 Å². The second-order valence-electron chi connectivity index (χ2n) is 6.87. The van der Waals surface area contributed by atoms with Crippen LogP contribution in [0.5, 0.6) is 5.75 Å². The highest BCUT2D eigenvalue weighted by molar-refractivity contribution is 5.89. The van der Waals surface area contributed by atoms with Crippen molar-refractivity contribution in [3.63, 3.8) is 0 Å². The molecule has 0 spiro atoms. The topological polar surface area (TPSA) is 116 Å². The summed E-state index contributed by atoms with van der Waals surface area (Å²) < 4.78 is 0. The fourth-order valence-electron chi connectivity index (χ4n) is 3.11. The van der Waals surface area contributed by atoms with Crippen LogP contribution in [-0.2, 0) is 16.0 Å². The number of benzene rings is 2. The molecule has 0 aliphatic carbocycles. The van der Waals surface area contributed by atoms with Gasteiger partial charge in [-0.2, -0.15) is 0 Å². The molecule has 2 unspecified atom stereocenters. The molecule has 2 amide bonds. The molecule has 0 aromatic heterocycles. The molecule has 6 N–H and O–H groups in total. The minimum Gasteiger partial charge on any atom is -0.508 e. The van der Waals surface area contributed by atoms with Crippen LogP contribution in [0.25, 0.3) is 0 Å². The van der Waals surface area contributed by atoms with Gasteiger partial charge in [0, 0.05) is 12.5 Å². The van der Waals surface area contributed by atoms with Gasteiger partial charge in [0.05, 0.1) is 0 Å². The standard InChI is InChI=1S/C20H24N4O3/c1-12-2-6-14(7-3-12)16-11-18(24-23-16)20(27)22-17(19(21)26)10-13-4-8-15(25)9-5-13/h2-9,16-18,23-25H,10-11H2,1H3,(H2,21,26)(H,22,27)/t16?,17-,18?/m0/s1. The zero-order valence-corrected chi connectivity index (χ0v) is 15.1. The number of nitrogens with one attached hydrogen (secondary N) is 3. The zero-order chi connectivity index (χ0) is 19.4. The summed E-state index contributed by atoms with van der Waals surface area (Å²) in [6.07, 6.45) is 0.836. The van der Waals surface area contributed by atoms with Crippen LogP contribution in [0.15, 0.2) is 48.5 Å². The van der Waals surface area contributed by atoms with Gasteiger partial charge < -0.3 is 16.2 Å². The minimum absolute atomic E-state index is 0.0190. The summed E-state index contributed by atoms with van der Waals surface area (Å²) in [5.74, 6) is -0.737. The molecule has 1 aliphatic heterocycles. The SMILES string of the molecule is Cc1ccc(C2CC(C(=O)N[C@@H](Cc3ccc(O)cc3)C(N)=O)NN2)cc1. The van der Waals surface area contributed by atoms with E-state index in [2.05, 4.69) is 16.2 Å². The van der Waals surface area contributed by atoms with E-state index in [0.717, 1.165) is 11.1 Å². The molecular formula is C20H24N4O3. The van der Waals surface area contributed by atoms with E-state index >= 15 is 0 Å². The van der Waals surface area contributed by atoms with Gasteiger partial charge in [0.1, 0.15) is 17.8 Å². The quantitative estimate of drug-likeness (QED) is 0.518. The molecule has 7 heteroatoms. The average molecular weight is 368 g/mol. The molecule has 1 heterocycles. The lowest BCUT2D eigenvalue weighted by Gasteiger charge is -2.18. The summed E-state index contributed by atoms with van der Waals surface area (Å²) in [6.45, 7) is 2.03. The Balaban J connectivity index is 1.60. The van der Waals surface area contributed by atoms with Gasteiger partial charge in [-0.15, -0.1) is 0 Å². The van der Waals surface area contributed by atoms with E-state index in [4.69, 9.17) is 5.73 Å². The number of carbonyl (C=O) groups excluding carboxylic acids is 2. The summed E-state index contributed by atoms with van der Waals surface area (Å²) >= 11 is 0. The summed E-state index contributed by atoms with van der Waals surface area (Å²) in [6, 6.07) is 13.3. The van der Waals surface area contributed by atoms with Gasteiger partial charge in [0.2, 0.25) is 11.8 Å². The summed E-state index contributed by atoms with van der Waals surface area (Å²) in [7, 11) is 0. The largest absolute Gasteiger partial charge is 0.508 e. The van der Waals surface area contributed by atoms with Crippen molar-refractivity contribution in [3.8, 4) is 5.75 Å². The zero-order valence-electron chi connectivity index (χ0n) is 15.1. The first kappa shape index (κ1) is 18.9. The van der Waals surface area contributed by atoms with Gasteiger partial charge in [0.15, 0.2) is 0 Å². The Hall–Kier alpha value is -2.90. The highest BCUT2D eigenvalue weighted by Crippen LogP contribution is 2.22. The number of phenolic OH excluding ortho intramolecular Hbond substituents is 1. The van der Waals surface area contributed by atoms with Crippen molar-refractivity contribution in [2.45, 2.75) is 37.9 Å². The number of primary amides is 1. The lowest BCUT2D eigenvalue weighted by Crippen LogP contribution is -2.52. The first-order valence-electron chi connectivity index (χ1n) is 8.87. The van der Waals surface area contributed by atoms with E-state index in [1.54, 1.807) is 12.1 Å². The maximum absolute atomic E-state index is 12.6. The molecule has 142 valence electrons. The Morgan fingerprint density at radius 2 is 1.81 bits per heavy atom. The van der Waals surface area contributed by atoms with Crippen LogP contribution >= 0.6 is 0 Å². The van der Waals surface area contributed by atoms with E-state index in [1.807, 2.05) is 31.2 Å². The smallest absolute Gasteiger partial charge is 0.240 e. The van der Waals surface area contributed by atoms with Gasteiger partial charge in [-0.1, -0.05) is 42.0 Å². The minimum atomic E-state index is -0.817. The fraction of sp³-hybridized carbons (Fsp3) is 0.300. The third-order valence-electron chi connectivity index (χ3n) is 4.74. The lowest BCUT2D eigenvalue weighted by molar-refractivity contribution is -0.128. The monoisotopic (exact) mass is 368 g/mol. The molecule has 1 fully saturated rings. The van der Waals surface area contributed by atoms with Crippen molar-refractivity contribution in [1.29, 1.82) is 0 Å². The number of aryl methyl sites for hydroxylation is 1. The first-order valence-corrected chi connectivity index (χ1v) is 8.87. The van der Waals surface area contributed by atoms with Crippen LogP contribution in [-0.4, -0.2) is 29.0 Å². The van der Waals surface area contributed by atoms with Gasteiger partial charge >= 0.3 is 0 Å². The molecule has 0 radical (unpaired) electrons. The van der Waals surface area contributed by atoms with Crippen molar-refractivity contribution >= 4 is 11.8 Å². The number of aromatic hydroxyl groups is 1. The molecule has 3 atom stereocenters. The number of hydrazine groups is 1. The predicted molar refractivity (Wildman–Crippen MR) is 102 cm³/mol. The number of rotatable bonds is 6. The summed E-state index contributed by atoms with van der Waals surface area (Å²) in [4.78, 5) is 24.3. The van der Waals surface area contributed by atoms with Crippen LogP contribution < -0.4 is 21.9 Å². The second-order valence-corrected chi connectivity index (χ2v) is 6.87. The third kappa shape index (κ3) is 4.84. The summed E-state index contributed by atoms with van der Waals surface area (Å²) in [5, 5.41) is 12.1. The number of amides is 2. The molecule has 2 aromatic rings. The Bertz CT molecular complexity index is 805. The van der Waals surface area contributed by atoms with E-state index in [9.17, 15) is 14.7 Å². The molecular weight excluding hydrogens is 344 g/mol. The number of carbonyl (C=O) groups is 2. The lowest BCUT2D eigenvalue weighted by atomic mass is 10.00. The highest BCUT2D eigenvalue weighted by atomic mass is 16.3. The van der Waals surface area contributed by atoms with E-state index in [1.165, 1.54) is 17.7 Å². The second kappa shape index (κ2) is 8.20. The summed E-state index contributed by atoms with van der Waals surface area (Å²) in [5.41, 5.74) is 14.6. The molecule has 3 rings (SSSR count). The average Bonchev–Trinajstić information content (AvgIpc) is 3.13. The van der Waals surface area contributed by atoms with E-state index in [-0.39, 0.29) is 24.1 Å². The normalized spacial score (nSPS) is 20.2. The number of phenols is 1. The van der Waals surface area contributed by atoms with Crippen LogP contribution in [0.3, 0.4) is 0 Å². The maximum atomic E-state index is 12.6. The molecule has 2 aromatic carbocycles. The number of hydrogen-bond acceptors (Lipinski definition) is 5. The van der Waals surface area contributed by atoms with Gasteiger partial charge in [-0.25, -0.2) is 10.9 Å². The molecule has 1 saturated heterocycles. The number of hydrogen-bond donors (Lipinski definition) is 5. The number of nitrogens with two attached hydrogens (primary N) is 1. The van der Waals surface area contributed by atoms with Crippen molar-refractivity contribution < 1.29 is 14.7 Å². The molecule has 27 heavy (non-hydrogen) atoms. The predicted octanol–water partition coefficient (Wildman–Crippen LogP) is 0.821. The van der Waals surface area contributed by atoms with Crippen LogP contribution in [0.4, 0.5) is 0 Å². The Morgan fingerprint density at radius 1 is 1.15 bits per heavy atom. The third-order valence-corrected chi connectivity index (χ3v) is 4.74. The van der Waals surface area contributed by atoms with Crippen molar-refractivity contribution in [2.75, 3.05) is 0 Å². The van der Waals surface area contributed by atoms with Gasteiger partial charge in [0.25, 0.3) is 0 Å². The molecule has 0 bridgehead atoms. The maximum Gasteiger partial charge on any atom is 0.240 e. The molecule has 1 aliphatic rings. The van der Waals surface area contributed by atoms with E-state index in [0.29, 0.717) is 6.42 Å². The van der Waals surface area contributed by atoms with Gasteiger partial charge in [-0.05, 0) is 36.6 Å². The molecule has 0 saturated carbocycles. The van der Waals surface area contributed by atoms with Crippen molar-refractivity contribution in [2.24, 2.45) is 5.73 Å². The Kier molecular flexibility index (Phi) is 5.73. The van der Waals surface area contributed by atoms with Crippen LogP contribution in [0, 0.1) is 6.92 Å². The van der Waals surface area contributed by atoms with Crippen molar-refractivity contribution in [1.82, 2.24) is 16.2 Å². The van der Waals surface area contributed by atoms with Crippen LogP contribution in [0.1, 0.15) is 29.2 Å². The van der Waals surface area contributed by atoms with Crippen LogP contribution in [0.2, 0.25) is 0 Å². The molecule has 7 nitrogen and oxygen atoms in total. The fourth-order valence-corrected chi connectivity index (χ4v) is 3.11. The Morgan fingerprint density at radius 3 is 2.44 bits per heavy atom.